The monoisotopic (exact) mass is 1730 g/mol. The molecular formula is C90H106N18O14S2. The van der Waals surface area contributed by atoms with Gasteiger partial charge in [0.1, 0.15) is 60.8 Å². The lowest BCUT2D eigenvalue weighted by Gasteiger charge is -2.45. The van der Waals surface area contributed by atoms with E-state index in [1.807, 2.05) is 151 Å². The molecule has 124 heavy (non-hydrogen) atoms. The van der Waals surface area contributed by atoms with Crippen molar-refractivity contribution in [2.24, 2.45) is 17.8 Å². The molecule has 16 rings (SSSR count). The third-order valence-corrected chi connectivity index (χ3v) is 25.8. The van der Waals surface area contributed by atoms with E-state index in [-0.39, 0.29) is 121 Å². The van der Waals surface area contributed by atoms with Gasteiger partial charge >= 0.3 is 11.9 Å². The van der Waals surface area contributed by atoms with Crippen LogP contribution in [0, 0.1) is 31.6 Å². The number of esters is 2. The summed E-state index contributed by atoms with van der Waals surface area (Å²) >= 11 is 3.16. The van der Waals surface area contributed by atoms with Crippen molar-refractivity contribution in [1.29, 1.82) is 0 Å². The molecular weight excluding hydrogens is 1620 g/mol. The molecule has 6 aromatic heterocycles. The minimum Gasteiger partial charge on any atom is -0.507 e. The first-order chi connectivity index (χ1) is 59.8. The molecule has 0 radical (unpaired) electrons. The van der Waals surface area contributed by atoms with E-state index < -0.39 is 42.1 Å². The number of aryl methyl sites for hydroxylation is 2. The van der Waals surface area contributed by atoms with Gasteiger partial charge in [0.25, 0.3) is 11.8 Å². The number of amides is 4. The number of aromatic nitrogens is 8. The van der Waals surface area contributed by atoms with Crippen LogP contribution in [-0.4, -0.2) is 234 Å². The zero-order valence-corrected chi connectivity index (χ0v) is 73.0. The van der Waals surface area contributed by atoms with Crippen LogP contribution in [0.25, 0.3) is 43.4 Å². The van der Waals surface area contributed by atoms with E-state index >= 15 is 0 Å². The summed E-state index contributed by atoms with van der Waals surface area (Å²) in [6, 6.07) is 35.5. The van der Waals surface area contributed by atoms with Crippen molar-refractivity contribution < 1.29 is 67.0 Å². The molecule has 32 nitrogen and oxygen atoms in total. The molecule has 6 aliphatic rings. The Balaban J connectivity index is 0.000000192. The summed E-state index contributed by atoms with van der Waals surface area (Å²) in [6.07, 6.45) is -0.929. The second-order valence-corrected chi connectivity index (χ2v) is 35.2. The van der Waals surface area contributed by atoms with E-state index in [4.69, 9.17) is 28.0 Å². The third kappa shape index (κ3) is 19.6. The Bertz CT molecular complexity index is 5450. The molecule has 0 bridgehead atoms. The Morgan fingerprint density at radius 1 is 0.532 bits per heavy atom. The van der Waals surface area contributed by atoms with Gasteiger partial charge in [0, 0.05) is 108 Å². The van der Waals surface area contributed by atoms with Gasteiger partial charge in [0.15, 0.2) is 23.2 Å². The first kappa shape index (κ1) is 86.8. The minimum atomic E-state index is -0.871. The van der Waals surface area contributed by atoms with Crippen LogP contribution in [0.15, 0.2) is 141 Å². The van der Waals surface area contributed by atoms with Gasteiger partial charge in [0.05, 0.1) is 98.1 Å². The van der Waals surface area contributed by atoms with Crippen LogP contribution in [0.5, 0.6) is 23.3 Å². The summed E-state index contributed by atoms with van der Waals surface area (Å²) in [5.74, 6) is -1.46. The molecule has 0 unspecified atom stereocenters. The molecule has 4 aromatic carbocycles. The highest BCUT2D eigenvalue weighted by Crippen LogP contribution is 2.42. The van der Waals surface area contributed by atoms with Crippen molar-refractivity contribution in [2.75, 3.05) is 112 Å². The van der Waals surface area contributed by atoms with Crippen molar-refractivity contribution in [1.82, 2.24) is 70.9 Å². The summed E-state index contributed by atoms with van der Waals surface area (Å²) in [6.45, 7) is 28.6. The Morgan fingerprint density at radius 3 is 1.34 bits per heavy atom. The molecule has 0 saturated carbocycles. The summed E-state index contributed by atoms with van der Waals surface area (Å²) < 4.78 is 35.0. The van der Waals surface area contributed by atoms with Crippen molar-refractivity contribution >= 4 is 81.3 Å². The van der Waals surface area contributed by atoms with E-state index in [9.17, 15) is 39.0 Å². The molecule has 34 heteroatoms. The fourth-order valence-corrected chi connectivity index (χ4v) is 18.8. The topological polar surface area (TPSA) is 377 Å². The number of ether oxygens (including phenoxy) is 4. The first-order valence-electron chi connectivity index (χ1n) is 42.3. The van der Waals surface area contributed by atoms with E-state index in [1.165, 1.54) is 16.7 Å². The predicted molar refractivity (Wildman–Crippen MR) is 468 cm³/mol. The highest BCUT2D eigenvalue weighted by atomic mass is 32.1. The highest BCUT2D eigenvalue weighted by Gasteiger charge is 2.48. The summed E-state index contributed by atoms with van der Waals surface area (Å²) in [5.41, 5.74) is 14.0. The number of carbonyl (C=O) groups excluding carboxylic acids is 6. The number of para-hydroxylation sites is 2. The van der Waals surface area contributed by atoms with Crippen molar-refractivity contribution in [2.45, 2.75) is 149 Å². The lowest BCUT2D eigenvalue weighted by Crippen LogP contribution is -2.58. The van der Waals surface area contributed by atoms with E-state index in [0.29, 0.717) is 73.4 Å². The Kier molecular flexibility index (Phi) is 26.8. The average Bonchev–Trinajstić information content (AvgIpc) is 1.43. The van der Waals surface area contributed by atoms with Crippen LogP contribution >= 0.6 is 22.7 Å². The molecule has 6 aliphatic heterocycles. The number of nitrogens with one attached hydrogen (secondary N) is 4. The van der Waals surface area contributed by atoms with Gasteiger partial charge in [-0.3, -0.25) is 38.6 Å². The molecule has 6 N–H and O–H groups in total. The van der Waals surface area contributed by atoms with Gasteiger partial charge in [0.2, 0.25) is 23.6 Å². The Labute approximate surface area is 727 Å². The fourth-order valence-electron chi connectivity index (χ4n) is 17.2. The van der Waals surface area contributed by atoms with E-state index in [1.54, 1.807) is 72.9 Å². The number of carbonyl (C=O) groups is 6. The lowest BCUT2D eigenvalue weighted by molar-refractivity contribution is -0.153. The molecule has 652 valence electrons. The second kappa shape index (κ2) is 38.3. The maximum absolute atomic E-state index is 14.6. The number of anilines is 4. The second-order valence-electron chi connectivity index (χ2n) is 33.5. The zero-order chi connectivity index (χ0) is 87.1. The SMILES string of the molecule is CC(=O)O[C@@H]1C[C@@H](C(=O)N[C@@H](C)c2ccc(-c3scnc3C)cc2)N(C(=O)[C@@H](c2cc(OCCN3CCN4c5cc(-c6ccccc6O)nnc5NC[C@@H]4C3)no2)C(C)C)C1.Cc1ncsc1-c1ccc([C@H](C)NC(=O)[C@@H]2C[C@@H](OC(=O)C(C)C)CN2C(=O)[C@@H](c2cc(OCCN3CCN4c5cc(-c6ccccc6O)nnc5NC[C@H]4C3)no2)C(C)C)cc1. The standard InChI is InChI=1S/C46H55N9O7S.C44H51N9O7S/c1-26(2)41(45(58)55-24-33(61-46(59)27(3)4)19-37(55)44(57)49-28(5)30-11-13-31(14-12-30)42-29(6)48-25-63-42)39-21-40(52-62-39)60-18-17-53-15-16-54-32(23-53)22-47-43-36(54)20-35(50-51-43)34-9-7-8-10-38(34)56;1-25(2)40(44(57)53-23-32(59-28(5)54)18-36(53)43(56)47-26(3)29-10-12-30(13-11-29)41-27(4)46-24-61-41)38-20-39(50-60-38)58-17-16-51-14-15-52-31(22-51)21-45-42-35(52)19-34(48-49-42)33-8-6-7-9-37(33)55/h7-14,20-21,25-28,32-33,37,41,56H,15-19,22-24H2,1-6H3,(H,47,51)(H,49,57);6-13,19-20,24-26,31-32,36,40,55H,14-18,21-23H2,1-5H3,(H,45,49)(H,47,56)/t28-,32-,33+,37-,41+;26-,31+,32+,36-,40+/m00/s1. The van der Waals surface area contributed by atoms with Gasteiger partial charge in [-0.2, -0.15) is 0 Å². The summed E-state index contributed by atoms with van der Waals surface area (Å²) in [5, 5.41) is 59.7. The highest BCUT2D eigenvalue weighted by molar-refractivity contribution is 7.13. The molecule has 10 aromatic rings. The van der Waals surface area contributed by atoms with Gasteiger partial charge in [-0.05, 0) is 108 Å². The number of piperazine rings is 2. The van der Waals surface area contributed by atoms with Gasteiger partial charge in [-0.25, -0.2) is 9.97 Å². The number of phenolic OH excluding ortho intramolecular Hbond substituents is 2. The van der Waals surface area contributed by atoms with Crippen molar-refractivity contribution in [3.8, 4) is 66.7 Å². The number of thiazole rings is 2. The number of fused-ring (bicyclic) bond motifs is 6. The van der Waals surface area contributed by atoms with Crippen LogP contribution in [-0.2, 0) is 38.2 Å². The van der Waals surface area contributed by atoms with Crippen molar-refractivity contribution in [3.63, 3.8) is 0 Å². The molecule has 12 heterocycles. The van der Waals surface area contributed by atoms with Crippen LogP contribution in [0.2, 0.25) is 0 Å². The number of likely N-dealkylation sites (tertiary alicyclic amines) is 2. The fraction of sp³-hybridized carbons (Fsp3) is 0.444. The molecule has 10 atom stereocenters. The summed E-state index contributed by atoms with van der Waals surface area (Å²) in [7, 11) is 0. The number of hydrogen-bond donors (Lipinski definition) is 6. The van der Waals surface area contributed by atoms with E-state index in [0.717, 1.165) is 106 Å². The number of nitrogens with zero attached hydrogens (tertiary/aromatic N) is 14. The van der Waals surface area contributed by atoms with Crippen LogP contribution in [0.4, 0.5) is 23.0 Å². The van der Waals surface area contributed by atoms with Gasteiger partial charge in [-0.1, -0.05) is 114 Å². The predicted octanol–water partition coefficient (Wildman–Crippen LogP) is 11.5. The molecule has 0 aliphatic carbocycles. The molecule has 4 fully saturated rings. The number of phenols is 2. The van der Waals surface area contributed by atoms with Crippen LogP contribution < -0.4 is 40.5 Å². The normalized spacial score (nSPS) is 19.7. The summed E-state index contributed by atoms with van der Waals surface area (Å²) in [4.78, 5) is 105. The van der Waals surface area contributed by atoms with Gasteiger partial charge in [-0.15, -0.1) is 43.1 Å². The lowest BCUT2D eigenvalue weighted by atomic mass is 9.91. The van der Waals surface area contributed by atoms with Crippen molar-refractivity contribution in [3.05, 3.63) is 166 Å². The Hall–Kier alpha value is -12.1. The Morgan fingerprint density at radius 2 is 0.952 bits per heavy atom. The maximum atomic E-state index is 14.6. The smallest absolute Gasteiger partial charge is 0.308 e. The number of aromatic hydroxyl groups is 2. The number of benzene rings is 4. The number of rotatable bonds is 27. The quantitative estimate of drug-likeness (QED) is 0.0260. The molecule has 4 amide bonds. The largest absolute Gasteiger partial charge is 0.507 e. The van der Waals surface area contributed by atoms with Crippen LogP contribution in [0.1, 0.15) is 133 Å². The maximum Gasteiger partial charge on any atom is 0.308 e. The molecule has 0 spiro atoms. The number of hydrogen-bond acceptors (Lipinski definition) is 30. The van der Waals surface area contributed by atoms with Crippen LogP contribution in [0.3, 0.4) is 0 Å². The zero-order valence-electron chi connectivity index (χ0n) is 71.4. The first-order valence-corrected chi connectivity index (χ1v) is 44.1. The third-order valence-electron chi connectivity index (χ3n) is 23.8. The molecule has 4 saturated heterocycles. The van der Waals surface area contributed by atoms with Gasteiger partial charge < -0.3 is 79.1 Å². The minimum absolute atomic E-state index is 0.0773. The average molecular weight is 1730 g/mol. The van der Waals surface area contributed by atoms with E-state index in [2.05, 4.69) is 81.5 Å².